The van der Waals surface area contributed by atoms with E-state index in [1.807, 2.05) is 45.0 Å². The van der Waals surface area contributed by atoms with Crippen molar-refractivity contribution in [3.8, 4) is 16.9 Å². The fourth-order valence-corrected chi connectivity index (χ4v) is 6.31. The molecule has 0 bridgehead atoms. The number of aromatic hydroxyl groups is 1. The number of sulfonamides is 1. The lowest BCUT2D eigenvalue weighted by Gasteiger charge is -2.24. The number of pyridine rings is 2. The van der Waals surface area contributed by atoms with Crippen LogP contribution in [0.25, 0.3) is 32.9 Å². The van der Waals surface area contributed by atoms with Gasteiger partial charge in [-0.3, -0.25) is 19.6 Å². The number of hydrogen-bond donors (Lipinski definition) is 2. The quantitative estimate of drug-likeness (QED) is 0.204. The minimum Gasteiger partial charge on any atom is -0.508 e. The molecule has 2 N–H and O–H groups in total. The van der Waals surface area contributed by atoms with Crippen LogP contribution in [0.2, 0.25) is 5.02 Å². The fourth-order valence-electron chi connectivity index (χ4n) is 4.89. The number of nitrogens with one attached hydrogen (secondary N) is 1. The molecule has 39 heavy (non-hydrogen) atoms. The Hall–Kier alpha value is -3.72. The van der Waals surface area contributed by atoms with E-state index >= 15 is 0 Å². The van der Waals surface area contributed by atoms with E-state index in [-0.39, 0.29) is 10.6 Å². The van der Waals surface area contributed by atoms with Crippen molar-refractivity contribution in [1.29, 1.82) is 0 Å². The minimum absolute atomic E-state index is 0.0764. The molecule has 0 aliphatic heterocycles. The van der Waals surface area contributed by atoms with Crippen molar-refractivity contribution < 1.29 is 13.5 Å². The van der Waals surface area contributed by atoms with E-state index in [2.05, 4.69) is 19.6 Å². The van der Waals surface area contributed by atoms with E-state index in [9.17, 15) is 13.5 Å². The van der Waals surface area contributed by atoms with Gasteiger partial charge in [-0.15, -0.1) is 0 Å². The van der Waals surface area contributed by atoms with Crippen molar-refractivity contribution in [3.63, 3.8) is 0 Å². The SMILES string of the molecule is CCN(CC)Cc1c(O)ccc(NS(=O)(=O)c2cccc3cccnc23)c1-c1cc(C)nc2cc(Cl)ccc12. The molecule has 7 nitrogen and oxygen atoms in total. The minimum atomic E-state index is -4.05. The number of nitrogens with zero attached hydrogens (tertiary/aromatic N) is 3. The number of phenolic OH excluding ortho intramolecular Hbond substituents is 1. The van der Waals surface area contributed by atoms with Gasteiger partial charge in [0.2, 0.25) is 0 Å². The molecule has 0 amide bonds. The predicted molar refractivity (Wildman–Crippen MR) is 158 cm³/mol. The van der Waals surface area contributed by atoms with Gasteiger partial charge < -0.3 is 5.11 Å². The number of para-hydroxylation sites is 1. The second kappa shape index (κ2) is 10.8. The zero-order valence-corrected chi connectivity index (χ0v) is 23.5. The molecule has 5 rings (SSSR count). The summed E-state index contributed by atoms with van der Waals surface area (Å²) in [6, 6.07) is 19.2. The number of aryl methyl sites for hydroxylation is 1. The van der Waals surface area contributed by atoms with Crippen LogP contribution in [0, 0.1) is 6.92 Å². The molecule has 0 radical (unpaired) electrons. The highest BCUT2D eigenvalue weighted by Gasteiger charge is 2.25. The summed E-state index contributed by atoms with van der Waals surface area (Å²) in [7, 11) is -4.05. The highest BCUT2D eigenvalue weighted by Crippen LogP contribution is 2.42. The van der Waals surface area contributed by atoms with Crippen LogP contribution in [-0.2, 0) is 16.6 Å². The molecule has 2 heterocycles. The molecule has 5 aromatic rings. The standard InChI is InChI=1S/C30H29ClN4O3S/c1-4-35(5-2)18-24-27(36)14-13-25(29(24)23-16-19(3)33-26-17-21(31)11-12-22(23)26)34-39(37,38)28-10-6-8-20-9-7-15-32-30(20)28/h6-17,34,36H,4-5,18H2,1-3H3. The van der Waals surface area contributed by atoms with Gasteiger partial charge in [-0.05, 0) is 68.0 Å². The van der Waals surface area contributed by atoms with E-state index in [4.69, 9.17) is 11.6 Å². The highest BCUT2D eigenvalue weighted by molar-refractivity contribution is 7.93. The zero-order valence-electron chi connectivity index (χ0n) is 21.9. The summed E-state index contributed by atoms with van der Waals surface area (Å²) in [6.45, 7) is 7.93. The van der Waals surface area contributed by atoms with Crippen LogP contribution < -0.4 is 4.72 Å². The maximum absolute atomic E-state index is 13.9. The number of hydrogen-bond acceptors (Lipinski definition) is 6. The lowest BCUT2D eigenvalue weighted by Crippen LogP contribution is -2.23. The van der Waals surface area contributed by atoms with Crippen molar-refractivity contribution in [3.05, 3.63) is 89.2 Å². The number of halogens is 1. The van der Waals surface area contributed by atoms with Crippen LogP contribution in [0.1, 0.15) is 25.1 Å². The smallest absolute Gasteiger partial charge is 0.264 e. The lowest BCUT2D eigenvalue weighted by atomic mass is 9.93. The Bertz CT molecular complexity index is 1790. The molecule has 9 heteroatoms. The van der Waals surface area contributed by atoms with Crippen LogP contribution >= 0.6 is 11.6 Å². The Morgan fingerprint density at radius 2 is 1.77 bits per heavy atom. The predicted octanol–water partition coefficient (Wildman–Crippen LogP) is 6.76. The van der Waals surface area contributed by atoms with Crippen molar-refractivity contribution in [2.24, 2.45) is 0 Å². The van der Waals surface area contributed by atoms with E-state index in [0.29, 0.717) is 39.4 Å². The molecule has 3 aromatic carbocycles. The summed E-state index contributed by atoms with van der Waals surface area (Å²) >= 11 is 6.28. The molecule has 0 aliphatic rings. The molecule has 200 valence electrons. The second-order valence-corrected chi connectivity index (χ2v) is 11.4. The Morgan fingerprint density at radius 1 is 1.00 bits per heavy atom. The van der Waals surface area contributed by atoms with Crippen molar-refractivity contribution >= 4 is 49.1 Å². The number of benzene rings is 3. The summed E-state index contributed by atoms with van der Waals surface area (Å²) in [6.07, 6.45) is 1.58. The monoisotopic (exact) mass is 560 g/mol. The Morgan fingerprint density at radius 3 is 2.54 bits per heavy atom. The molecule has 0 saturated heterocycles. The van der Waals surface area contributed by atoms with Gasteiger partial charge in [-0.25, -0.2) is 8.42 Å². The van der Waals surface area contributed by atoms with E-state index in [1.54, 1.807) is 42.6 Å². The zero-order chi connectivity index (χ0) is 27.7. The lowest BCUT2D eigenvalue weighted by molar-refractivity contribution is 0.291. The Balaban J connectivity index is 1.77. The normalized spacial score (nSPS) is 11.9. The van der Waals surface area contributed by atoms with Gasteiger partial charge in [0.05, 0.1) is 16.7 Å². The summed E-state index contributed by atoms with van der Waals surface area (Å²) in [5, 5.41) is 13.2. The van der Waals surface area contributed by atoms with E-state index in [1.165, 1.54) is 6.07 Å². The van der Waals surface area contributed by atoms with Crippen molar-refractivity contribution in [2.75, 3.05) is 17.8 Å². The summed E-state index contributed by atoms with van der Waals surface area (Å²) in [5.74, 6) is 0.0863. The van der Waals surface area contributed by atoms with E-state index < -0.39 is 10.0 Å². The third-order valence-corrected chi connectivity index (χ3v) is 8.50. The molecule has 2 aromatic heterocycles. The summed E-state index contributed by atoms with van der Waals surface area (Å²) < 4.78 is 30.5. The van der Waals surface area contributed by atoms with Gasteiger partial charge in [-0.2, -0.15) is 0 Å². The fraction of sp³-hybridized carbons (Fsp3) is 0.200. The number of fused-ring (bicyclic) bond motifs is 2. The first-order valence-electron chi connectivity index (χ1n) is 12.7. The van der Waals surface area contributed by atoms with Crippen LogP contribution in [0.4, 0.5) is 5.69 Å². The first kappa shape index (κ1) is 26.9. The van der Waals surface area contributed by atoms with Gasteiger partial charge in [0.1, 0.15) is 10.6 Å². The molecular weight excluding hydrogens is 532 g/mol. The third-order valence-electron chi connectivity index (χ3n) is 6.86. The topological polar surface area (TPSA) is 95.4 Å². The molecule has 0 spiro atoms. The molecule has 0 unspecified atom stereocenters. The number of aromatic nitrogens is 2. The second-order valence-electron chi connectivity index (χ2n) is 9.36. The van der Waals surface area contributed by atoms with Crippen LogP contribution in [0.15, 0.2) is 77.8 Å². The Labute approximate surface area is 233 Å². The molecule has 0 aliphatic carbocycles. The van der Waals surface area contributed by atoms with Crippen LogP contribution in [0.5, 0.6) is 5.75 Å². The van der Waals surface area contributed by atoms with Gasteiger partial charge in [-0.1, -0.05) is 49.7 Å². The van der Waals surface area contributed by atoms with E-state index in [0.717, 1.165) is 35.1 Å². The maximum atomic E-state index is 13.9. The average Bonchev–Trinajstić information content (AvgIpc) is 2.92. The number of rotatable bonds is 8. The summed E-state index contributed by atoms with van der Waals surface area (Å²) in [5.41, 5.74) is 4.13. The van der Waals surface area contributed by atoms with Gasteiger partial charge >= 0.3 is 0 Å². The molecule has 0 atom stereocenters. The Kier molecular flexibility index (Phi) is 7.44. The van der Waals surface area contributed by atoms with Crippen LogP contribution in [-0.4, -0.2) is 41.5 Å². The molecule has 0 saturated carbocycles. The number of phenols is 1. The average molecular weight is 561 g/mol. The largest absolute Gasteiger partial charge is 0.508 e. The maximum Gasteiger partial charge on any atom is 0.264 e. The molecule has 0 fully saturated rings. The van der Waals surface area contributed by atoms with Gasteiger partial charge in [0, 0.05) is 45.4 Å². The van der Waals surface area contributed by atoms with Crippen LogP contribution in [0.3, 0.4) is 0 Å². The van der Waals surface area contributed by atoms with Gasteiger partial charge in [0.15, 0.2) is 0 Å². The molecular formula is C30H29ClN4O3S. The van der Waals surface area contributed by atoms with Crippen molar-refractivity contribution in [1.82, 2.24) is 14.9 Å². The summed E-state index contributed by atoms with van der Waals surface area (Å²) in [4.78, 5) is 11.2. The first-order valence-corrected chi connectivity index (χ1v) is 14.6. The van der Waals surface area contributed by atoms with Gasteiger partial charge in [0.25, 0.3) is 10.0 Å². The third kappa shape index (κ3) is 5.28. The highest BCUT2D eigenvalue weighted by atomic mass is 35.5. The first-order chi connectivity index (χ1) is 18.7. The number of anilines is 1. The van der Waals surface area contributed by atoms with Crippen molar-refractivity contribution in [2.45, 2.75) is 32.2 Å².